The SMILES string of the molecule is CCNC(=S)N(C)C(C)COC. The average molecular weight is 190 g/mol. The van der Waals surface area contributed by atoms with E-state index in [1.165, 1.54) is 0 Å². The van der Waals surface area contributed by atoms with Gasteiger partial charge in [-0.2, -0.15) is 0 Å². The van der Waals surface area contributed by atoms with Gasteiger partial charge in [-0.15, -0.1) is 0 Å². The third kappa shape index (κ3) is 3.88. The molecule has 0 heterocycles. The number of nitrogens with zero attached hydrogens (tertiary/aromatic N) is 1. The molecule has 72 valence electrons. The standard InChI is InChI=1S/C8H18N2OS/c1-5-9-8(12)10(3)7(2)6-11-4/h7H,5-6H2,1-4H3,(H,9,12). The van der Waals surface area contributed by atoms with Crippen LogP contribution in [0.3, 0.4) is 0 Å². The second-order valence-electron chi connectivity index (χ2n) is 2.75. The van der Waals surface area contributed by atoms with E-state index in [2.05, 4.69) is 12.2 Å². The molecule has 0 bridgehead atoms. The van der Waals surface area contributed by atoms with Crippen LogP contribution in [0, 0.1) is 0 Å². The van der Waals surface area contributed by atoms with Gasteiger partial charge in [-0.1, -0.05) is 0 Å². The average Bonchev–Trinajstić information content (AvgIpc) is 2.04. The number of ether oxygens (including phenoxy) is 1. The summed E-state index contributed by atoms with van der Waals surface area (Å²) in [7, 11) is 3.66. The summed E-state index contributed by atoms with van der Waals surface area (Å²) >= 11 is 5.13. The van der Waals surface area contributed by atoms with Crippen LogP contribution in [0.25, 0.3) is 0 Å². The van der Waals surface area contributed by atoms with E-state index in [4.69, 9.17) is 17.0 Å². The highest BCUT2D eigenvalue weighted by atomic mass is 32.1. The highest BCUT2D eigenvalue weighted by molar-refractivity contribution is 7.80. The van der Waals surface area contributed by atoms with Crippen LogP contribution in [0.2, 0.25) is 0 Å². The van der Waals surface area contributed by atoms with Gasteiger partial charge in [0.2, 0.25) is 0 Å². The van der Waals surface area contributed by atoms with E-state index in [-0.39, 0.29) is 0 Å². The molecule has 0 spiro atoms. The van der Waals surface area contributed by atoms with Crippen molar-refractivity contribution in [3.8, 4) is 0 Å². The zero-order valence-corrected chi connectivity index (χ0v) is 9.07. The summed E-state index contributed by atoms with van der Waals surface area (Å²) in [5.41, 5.74) is 0. The van der Waals surface area contributed by atoms with E-state index in [9.17, 15) is 0 Å². The summed E-state index contributed by atoms with van der Waals surface area (Å²) in [6.07, 6.45) is 0. The Morgan fingerprint density at radius 2 is 2.25 bits per heavy atom. The lowest BCUT2D eigenvalue weighted by molar-refractivity contribution is 0.145. The molecule has 12 heavy (non-hydrogen) atoms. The van der Waals surface area contributed by atoms with Crippen LogP contribution in [-0.2, 0) is 4.74 Å². The van der Waals surface area contributed by atoms with Gasteiger partial charge in [0, 0.05) is 20.7 Å². The zero-order valence-electron chi connectivity index (χ0n) is 8.26. The van der Waals surface area contributed by atoms with Gasteiger partial charge >= 0.3 is 0 Å². The summed E-state index contributed by atoms with van der Waals surface area (Å²) in [5.74, 6) is 0. The highest BCUT2D eigenvalue weighted by Crippen LogP contribution is 1.96. The fourth-order valence-electron chi connectivity index (χ4n) is 0.829. The van der Waals surface area contributed by atoms with E-state index in [0.717, 1.165) is 11.7 Å². The maximum atomic E-state index is 5.13. The number of likely N-dealkylation sites (N-methyl/N-ethyl adjacent to an activating group) is 1. The van der Waals surface area contributed by atoms with Gasteiger partial charge in [0.25, 0.3) is 0 Å². The molecule has 1 N–H and O–H groups in total. The minimum absolute atomic E-state index is 0.321. The molecule has 0 fully saturated rings. The molecule has 0 aromatic heterocycles. The van der Waals surface area contributed by atoms with Gasteiger partial charge in [-0.05, 0) is 26.1 Å². The van der Waals surface area contributed by atoms with Crippen LogP contribution >= 0.6 is 12.2 Å². The molecule has 0 aliphatic rings. The van der Waals surface area contributed by atoms with Crippen LogP contribution in [0.1, 0.15) is 13.8 Å². The minimum Gasteiger partial charge on any atom is -0.383 e. The number of hydrogen-bond acceptors (Lipinski definition) is 2. The Balaban J connectivity index is 3.82. The van der Waals surface area contributed by atoms with Crippen molar-refractivity contribution in [3.63, 3.8) is 0 Å². The third-order valence-electron chi connectivity index (χ3n) is 1.72. The Bertz CT molecular complexity index is 141. The lowest BCUT2D eigenvalue weighted by Gasteiger charge is -2.26. The van der Waals surface area contributed by atoms with Crippen LogP contribution in [0.5, 0.6) is 0 Å². The van der Waals surface area contributed by atoms with E-state index >= 15 is 0 Å². The Labute approximate surface area is 80.1 Å². The highest BCUT2D eigenvalue weighted by Gasteiger charge is 2.10. The first kappa shape index (κ1) is 11.6. The quantitative estimate of drug-likeness (QED) is 0.664. The molecule has 0 radical (unpaired) electrons. The van der Waals surface area contributed by atoms with Gasteiger partial charge in [-0.3, -0.25) is 0 Å². The normalized spacial score (nSPS) is 12.3. The van der Waals surface area contributed by atoms with Crippen LogP contribution < -0.4 is 5.32 Å². The molecule has 0 aliphatic heterocycles. The Morgan fingerprint density at radius 3 is 2.67 bits per heavy atom. The summed E-state index contributed by atoms with van der Waals surface area (Å²) in [6, 6.07) is 0.321. The summed E-state index contributed by atoms with van der Waals surface area (Å²) in [6.45, 7) is 5.67. The molecule has 0 amide bonds. The number of hydrogen-bond donors (Lipinski definition) is 1. The summed E-state index contributed by atoms with van der Waals surface area (Å²) < 4.78 is 5.02. The van der Waals surface area contributed by atoms with Crippen LogP contribution in [0.15, 0.2) is 0 Å². The first-order valence-electron chi connectivity index (χ1n) is 4.13. The van der Waals surface area contributed by atoms with Crippen molar-refractivity contribution in [2.45, 2.75) is 19.9 Å². The Morgan fingerprint density at radius 1 is 1.67 bits per heavy atom. The van der Waals surface area contributed by atoms with Gasteiger partial charge in [0.1, 0.15) is 0 Å². The molecule has 0 rings (SSSR count). The molecule has 1 unspecified atom stereocenters. The maximum Gasteiger partial charge on any atom is 0.168 e. The third-order valence-corrected chi connectivity index (χ3v) is 2.15. The molecule has 1 atom stereocenters. The van der Waals surface area contributed by atoms with Crippen LogP contribution in [-0.4, -0.2) is 43.4 Å². The van der Waals surface area contributed by atoms with Gasteiger partial charge in [0.15, 0.2) is 5.11 Å². The number of nitrogens with one attached hydrogen (secondary N) is 1. The van der Waals surface area contributed by atoms with Crippen molar-refractivity contribution in [1.82, 2.24) is 10.2 Å². The first-order chi connectivity index (χ1) is 5.63. The van der Waals surface area contributed by atoms with Gasteiger partial charge in [0.05, 0.1) is 12.6 Å². The molecular weight excluding hydrogens is 172 g/mol. The second-order valence-corrected chi connectivity index (χ2v) is 3.14. The molecular formula is C8H18N2OS. The predicted molar refractivity (Wildman–Crippen MR) is 55.4 cm³/mol. The molecule has 0 saturated heterocycles. The first-order valence-corrected chi connectivity index (χ1v) is 4.53. The van der Waals surface area contributed by atoms with E-state index in [1.54, 1.807) is 7.11 Å². The second kappa shape index (κ2) is 6.20. The van der Waals surface area contributed by atoms with Crippen molar-refractivity contribution in [1.29, 1.82) is 0 Å². The van der Waals surface area contributed by atoms with Crippen molar-refractivity contribution >= 4 is 17.3 Å². The molecule has 0 aliphatic carbocycles. The molecule has 0 saturated carbocycles. The zero-order chi connectivity index (χ0) is 9.56. The largest absolute Gasteiger partial charge is 0.383 e. The van der Waals surface area contributed by atoms with Crippen molar-refractivity contribution in [2.75, 3.05) is 27.3 Å². The van der Waals surface area contributed by atoms with Gasteiger partial charge in [-0.25, -0.2) is 0 Å². The van der Waals surface area contributed by atoms with E-state index < -0.39 is 0 Å². The maximum absolute atomic E-state index is 5.13. The fraction of sp³-hybridized carbons (Fsp3) is 0.875. The number of rotatable bonds is 4. The molecule has 0 aromatic rings. The lowest BCUT2D eigenvalue weighted by Crippen LogP contribution is -2.43. The van der Waals surface area contributed by atoms with Crippen molar-refractivity contribution in [2.24, 2.45) is 0 Å². The summed E-state index contributed by atoms with van der Waals surface area (Å²) in [5, 5.41) is 3.87. The molecule has 0 aromatic carbocycles. The smallest absolute Gasteiger partial charge is 0.168 e. The predicted octanol–water partition coefficient (Wildman–Crippen LogP) is 0.848. The molecule has 4 heteroatoms. The Hall–Kier alpha value is -0.350. The van der Waals surface area contributed by atoms with E-state index in [0.29, 0.717) is 12.6 Å². The fourth-order valence-corrected chi connectivity index (χ4v) is 1.15. The van der Waals surface area contributed by atoms with Crippen molar-refractivity contribution in [3.05, 3.63) is 0 Å². The monoisotopic (exact) mass is 190 g/mol. The minimum atomic E-state index is 0.321. The number of thiocarbonyl (C=S) groups is 1. The van der Waals surface area contributed by atoms with Gasteiger partial charge < -0.3 is 15.0 Å². The molecule has 3 nitrogen and oxygen atoms in total. The summed E-state index contributed by atoms with van der Waals surface area (Å²) in [4.78, 5) is 2.00. The number of methoxy groups -OCH3 is 1. The lowest BCUT2D eigenvalue weighted by atomic mass is 10.3. The van der Waals surface area contributed by atoms with E-state index in [1.807, 2.05) is 18.9 Å². The Kier molecular flexibility index (Phi) is 6.02. The van der Waals surface area contributed by atoms with Crippen LogP contribution in [0.4, 0.5) is 0 Å². The van der Waals surface area contributed by atoms with Crippen molar-refractivity contribution < 1.29 is 4.74 Å². The topological polar surface area (TPSA) is 24.5 Å².